The molecule has 3 N–H and O–H groups in total. The van der Waals surface area contributed by atoms with E-state index < -0.39 is 11.6 Å². The van der Waals surface area contributed by atoms with E-state index in [2.05, 4.69) is 20.7 Å². The maximum atomic E-state index is 13.8. The van der Waals surface area contributed by atoms with E-state index in [4.69, 9.17) is 28.9 Å². The fourth-order valence-electron chi connectivity index (χ4n) is 1.97. The lowest BCUT2D eigenvalue weighted by atomic mass is 10.1. The molecular weight excluding hydrogens is 383 g/mol. The standard InChI is InChI=1S/C17H15Cl2F2N5/c1-9(13-5-3-11(18)7-15(13)20)23-25-17(22)26-24-10(2)14-6-4-12(19)8-16(14)21/h3-8H,1-2H3,(H3,22,25,26). The van der Waals surface area contributed by atoms with E-state index in [0.29, 0.717) is 11.4 Å². The van der Waals surface area contributed by atoms with Gasteiger partial charge in [-0.2, -0.15) is 10.2 Å². The van der Waals surface area contributed by atoms with Crippen LogP contribution in [0.4, 0.5) is 8.78 Å². The topological polar surface area (TPSA) is 75.1 Å². The van der Waals surface area contributed by atoms with Crippen molar-refractivity contribution in [2.45, 2.75) is 13.8 Å². The third-order valence-electron chi connectivity index (χ3n) is 3.29. The van der Waals surface area contributed by atoms with E-state index in [1.54, 1.807) is 26.0 Å². The molecule has 0 fully saturated rings. The molecule has 0 unspecified atom stereocenters. The lowest BCUT2D eigenvalue weighted by Gasteiger charge is -2.04. The lowest BCUT2D eigenvalue weighted by Crippen LogP contribution is -2.28. The third-order valence-corrected chi connectivity index (χ3v) is 3.76. The van der Waals surface area contributed by atoms with Gasteiger partial charge in [-0.25, -0.2) is 14.2 Å². The first-order chi connectivity index (χ1) is 12.3. The first kappa shape index (κ1) is 19.8. The molecule has 0 atom stereocenters. The van der Waals surface area contributed by atoms with Crippen molar-refractivity contribution in [3.05, 3.63) is 69.2 Å². The zero-order valence-electron chi connectivity index (χ0n) is 13.9. The minimum absolute atomic E-state index is 0.146. The predicted molar refractivity (Wildman–Crippen MR) is 102 cm³/mol. The Labute approximate surface area is 159 Å². The summed E-state index contributed by atoms with van der Waals surface area (Å²) in [5.41, 5.74) is 9.23. The lowest BCUT2D eigenvalue weighted by molar-refractivity contribution is 0.624. The molecule has 9 heteroatoms. The van der Waals surface area contributed by atoms with Crippen molar-refractivity contribution >= 4 is 40.6 Å². The first-order valence-electron chi connectivity index (χ1n) is 7.37. The molecule has 136 valence electrons. The molecule has 0 aromatic heterocycles. The van der Waals surface area contributed by atoms with E-state index in [1.165, 1.54) is 24.3 Å². The molecular formula is C17H15Cl2F2N5. The Bertz CT molecular complexity index is 910. The summed E-state index contributed by atoms with van der Waals surface area (Å²) in [6.45, 7) is 3.16. The van der Waals surface area contributed by atoms with Gasteiger partial charge < -0.3 is 5.73 Å². The third kappa shape index (κ3) is 5.24. The molecule has 0 saturated heterocycles. The summed E-state index contributed by atoms with van der Waals surface area (Å²) < 4.78 is 27.6. The van der Waals surface area contributed by atoms with Crippen LogP contribution in [0.15, 0.2) is 51.7 Å². The van der Waals surface area contributed by atoms with Gasteiger partial charge in [-0.05, 0) is 50.2 Å². The molecule has 0 bridgehead atoms. The summed E-state index contributed by atoms with van der Waals surface area (Å²) in [7, 11) is 0. The van der Waals surface area contributed by atoms with E-state index in [9.17, 15) is 8.78 Å². The van der Waals surface area contributed by atoms with Crippen LogP contribution in [0.2, 0.25) is 10.0 Å². The molecule has 0 amide bonds. The van der Waals surface area contributed by atoms with Gasteiger partial charge in [-0.15, -0.1) is 5.10 Å². The van der Waals surface area contributed by atoms with E-state index in [-0.39, 0.29) is 27.1 Å². The second-order valence-electron chi connectivity index (χ2n) is 5.23. The van der Waals surface area contributed by atoms with Crippen LogP contribution in [-0.4, -0.2) is 17.4 Å². The number of halogens is 4. The van der Waals surface area contributed by atoms with Crippen molar-refractivity contribution in [3.63, 3.8) is 0 Å². The maximum absolute atomic E-state index is 13.8. The normalized spacial score (nSPS) is 13.1. The largest absolute Gasteiger partial charge is 0.367 e. The quantitative estimate of drug-likeness (QED) is 0.457. The molecule has 2 aromatic carbocycles. The smallest absolute Gasteiger partial charge is 0.234 e. The number of nitrogens with zero attached hydrogens (tertiary/aromatic N) is 3. The fourth-order valence-corrected chi connectivity index (χ4v) is 2.29. The van der Waals surface area contributed by atoms with Crippen LogP contribution in [-0.2, 0) is 0 Å². The maximum Gasteiger partial charge on any atom is 0.234 e. The summed E-state index contributed by atoms with van der Waals surface area (Å²) in [5, 5.41) is 12.1. The Morgan fingerprint density at radius 1 is 0.885 bits per heavy atom. The van der Waals surface area contributed by atoms with Gasteiger partial charge >= 0.3 is 0 Å². The molecule has 0 spiro atoms. The highest BCUT2D eigenvalue weighted by Crippen LogP contribution is 2.16. The van der Waals surface area contributed by atoms with Gasteiger partial charge in [0.15, 0.2) is 0 Å². The highest BCUT2D eigenvalue weighted by atomic mass is 35.5. The van der Waals surface area contributed by atoms with Gasteiger partial charge in [0.1, 0.15) is 11.6 Å². The molecule has 5 nitrogen and oxygen atoms in total. The number of nitrogens with two attached hydrogens (primary N) is 1. The van der Waals surface area contributed by atoms with E-state index in [0.717, 1.165) is 0 Å². The fraction of sp³-hybridized carbons (Fsp3) is 0.118. The van der Waals surface area contributed by atoms with E-state index in [1.807, 2.05) is 0 Å². The Balaban J connectivity index is 2.12. The molecule has 0 aliphatic carbocycles. The SMILES string of the molecule is CC(=N/N=C(/N)NN=C(C)c1ccc(Cl)cc1F)c1ccc(Cl)cc1F. The molecule has 2 rings (SSSR count). The summed E-state index contributed by atoms with van der Waals surface area (Å²) >= 11 is 11.4. The molecule has 0 saturated carbocycles. The van der Waals surface area contributed by atoms with Crippen molar-refractivity contribution in [1.29, 1.82) is 0 Å². The van der Waals surface area contributed by atoms with Crippen LogP contribution in [0.5, 0.6) is 0 Å². The van der Waals surface area contributed by atoms with Crippen LogP contribution in [0.3, 0.4) is 0 Å². The number of hydrogen-bond donors (Lipinski definition) is 2. The Hall–Kier alpha value is -2.51. The van der Waals surface area contributed by atoms with Crippen LogP contribution in [0, 0.1) is 11.6 Å². The second-order valence-corrected chi connectivity index (χ2v) is 6.10. The summed E-state index contributed by atoms with van der Waals surface area (Å²) in [6.07, 6.45) is 0. The highest BCUT2D eigenvalue weighted by molar-refractivity contribution is 6.31. The summed E-state index contributed by atoms with van der Waals surface area (Å²) in [5.74, 6) is -1.18. The zero-order chi connectivity index (χ0) is 19.3. The van der Waals surface area contributed by atoms with Gasteiger partial charge in [0.25, 0.3) is 0 Å². The van der Waals surface area contributed by atoms with E-state index >= 15 is 0 Å². The average Bonchev–Trinajstić information content (AvgIpc) is 2.57. The van der Waals surface area contributed by atoms with Crippen LogP contribution >= 0.6 is 23.2 Å². The van der Waals surface area contributed by atoms with Crippen molar-refractivity contribution in [2.24, 2.45) is 21.0 Å². The van der Waals surface area contributed by atoms with Crippen LogP contribution < -0.4 is 11.2 Å². The molecule has 0 radical (unpaired) electrons. The molecule has 0 aliphatic heterocycles. The Morgan fingerprint density at radius 3 is 1.88 bits per heavy atom. The monoisotopic (exact) mass is 397 g/mol. The minimum atomic E-state index is -0.521. The van der Waals surface area contributed by atoms with Crippen molar-refractivity contribution in [3.8, 4) is 0 Å². The number of rotatable bonds is 4. The second kappa shape index (κ2) is 8.73. The average molecular weight is 398 g/mol. The van der Waals surface area contributed by atoms with Crippen LogP contribution in [0.25, 0.3) is 0 Å². The summed E-state index contributed by atoms with van der Waals surface area (Å²) in [6, 6.07) is 8.43. The van der Waals surface area contributed by atoms with Crippen molar-refractivity contribution in [2.75, 3.05) is 0 Å². The molecule has 0 heterocycles. The zero-order valence-corrected chi connectivity index (χ0v) is 15.4. The van der Waals surface area contributed by atoms with Gasteiger partial charge in [0, 0.05) is 21.2 Å². The van der Waals surface area contributed by atoms with Gasteiger partial charge in [0.2, 0.25) is 5.96 Å². The predicted octanol–water partition coefficient (Wildman–Crippen LogP) is 4.32. The number of benzene rings is 2. The number of hydrogen-bond acceptors (Lipinski definition) is 3. The number of guanidine groups is 1. The minimum Gasteiger partial charge on any atom is -0.367 e. The van der Waals surface area contributed by atoms with Gasteiger partial charge in [-0.3, -0.25) is 0 Å². The van der Waals surface area contributed by atoms with Crippen molar-refractivity contribution in [1.82, 2.24) is 5.43 Å². The van der Waals surface area contributed by atoms with Crippen LogP contribution in [0.1, 0.15) is 25.0 Å². The molecule has 0 aliphatic rings. The molecule has 26 heavy (non-hydrogen) atoms. The Kier molecular flexibility index (Phi) is 6.65. The first-order valence-corrected chi connectivity index (χ1v) is 8.12. The summed E-state index contributed by atoms with van der Waals surface area (Å²) in [4.78, 5) is 0. The number of nitrogens with one attached hydrogen (secondary N) is 1. The Morgan fingerprint density at radius 2 is 1.38 bits per heavy atom. The highest BCUT2D eigenvalue weighted by Gasteiger charge is 2.07. The molecule has 2 aromatic rings. The van der Waals surface area contributed by atoms with Gasteiger partial charge in [-0.1, -0.05) is 23.2 Å². The van der Waals surface area contributed by atoms with Crippen molar-refractivity contribution < 1.29 is 8.78 Å². The van der Waals surface area contributed by atoms with Gasteiger partial charge in [0.05, 0.1) is 11.4 Å². The number of hydrazone groups is 1.